The normalized spacial score (nSPS) is 34.5. The molecule has 1 N–H and O–H groups in total. The number of hydrogen-bond donors (Lipinski definition) is 1. The third-order valence-electron chi connectivity index (χ3n) is 4.64. The Kier molecular flexibility index (Phi) is 4.26. The molecule has 0 aromatic carbocycles. The van der Waals surface area contributed by atoms with Crippen LogP contribution in [0, 0.1) is 11.8 Å². The highest BCUT2D eigenvalue weighted by atomic mass is 15.1. The van der Waals surface area contributed by atoms with Gasteiger partial charge in [-0.05, 0) is 77.9 Å². The van der Waals surface area contributed by atoms with Crippen molar-refractivity contribution in [2.75, 3.05) is 19.6 Å². The molecule has 2 heterocycles. The summed E-state index contributed by atoms with van der Waals surface area (Å²) in [6, 6.07) is 1.50. The second-order valence-corrected chi connectivity index (χ2v) is 6.11. The zero-order valence-electron chi connectivity index (χ0n) is 11.2. The van der Waals surface area contributed by atoms with Crippen molar-refractivity contribution in [2.24, 2.45) is 11.8 Å². The minimum Gasteiger partial charge on any atom is -0.314 e. The molecule has 2 atom stereocenters. The first-order chi connectivity index (χ1) is 7.66. The van der Waals surface area contributed by atoms with Gasteiger partial charge in [0.05, 0.1) is 0 Å². The van der Waals surface area contributed by atoms with Crippen molar-refractivity contribution in [3.63, 3.8) is 0 Å². The maximum Gasteiger partial charge on any atom is 0.00414 e. The summed E-state index contributed by atoms with van der Waals surface area (Å²) in [6.07, 6.45) is 5.70. The summed E-state index contributed by atoms with van der Waals surface area (Å²) >= 11 is 0. The van der Waals surface area contributed by atoms with Crippen molar-refractivity contribution >= 4 is 0 Å². The van der Waals surface area contributed by atoms with E-state index in [-0.39, 0.29) is 0 Å². The Balaban J connectivity index is 1.79. The topological polar surface area (TPSA) is 15.3 Å². The average molecular weight is 224 g/mol. The van der Waals surface area contributed by atoms with Gasteiger partial charge in [-0.25, -0.2) is 0 Å². The lowest BCUT2D eigenvalue weighted by Gasteiger charge is -2.40. The largest absolute Gasteiger partial charge is 0.314 e. The van der Waals surface area contributed by atoms with Gasteiger partial charge in [-0.3, -0.25) is 0 Å². The Hall–Kier alpha value is -0.0800. The minimum absolute atomic E-state index is 0.743. The second-order valence-electron chi connectivity index (χ2n) is 6.11. The zero-order chi connectivity index (χ0) is 11.5. The first-order valence-corrected chi connectivity index (χ1v) is 7.14. The van der Waals surface area contributed by atoms with Crippen LogP contribution in [0.4, 0.5) is 0 Å². The second kappa shape index (κ2) is 5.50. The van der Waals surface area contributed by atoms with Crippen LogP contribution < -0.4 is 5.32 Å². The van der Waals surface area contributed by atoms with Crippen LogP contribution in [0.15, 0.2) is 0 Å². The van der Waals surface area contributed by atoms with E-state index in [0.29, 0.717) is 0 Å². The zero-order valence-corrected chi connectivity index (χ0v) is 11.2. The fourth-order valence-electron chi connectivity index (χ4n) is 3.51. The Morgan fingerprint density at radius 1 is 1.06 bits per heavy atom. The van der Waals surface area contributed by atoms with Crippen LogP contribution in [0.2, 0.25) is 0 Å². The third-order valence-corrected chi connectivity index (χ3v) is 4.64. The molecule has 2 rings (SSSR count). The van der Waals surface area contributed by atoms with Crippen LogP contribution in [0.1, 0.15) is 46.5 Å². The van der Waals surface area contributed by atoms with Gasteiger partial charge < -0.3 is 10.2 Å². The van der Waals surface area contributed by atoms with E-state index in [4.69, 9.17) is 0 Å². The van der Waals surface area contributed by atoms with Gasteiger partial charge in [0.25, 0.3) is 0 Å². The van der Waals surface area contributed by atoms with E-state index < -0.39 is 0 Å². The number of nitrogens with one attached hydrogen (secondary N) is 1. The predicted molar refractivity (Wildman–Crippen MR) is 69.6 cm³/mol. The maximum absolute atomic E-state index is 3.57. The lowest BCUT2D eigenvalue weighted by molar-refractivity contribution is 0.102. The molecule has 2 nitrogen and oxygen atoms in total. The van der Waals surface area contributed by atoms with Gasteiger partial charge in [0, 0.05) is 12.1 Å². The molecule has 0 aliphatic carbocycles. The lowest BCUT2D eigenvalue weighted by Crippen LogP contribution is -2.43. The summed E-state index contributed by atoms with van der Waals surface area (Å²) in [7, 11) is 0. The predicted octanol–water partition coefficient (Wildman–Crippen LogP) is 2.49. The monoisotopic (exact) mass is 224 g/mol. The van der Waals surface area contributed by atoms with Gasteiger partial charge >= 0.3 is 0 Å². The van der Waals surface area contributed by atoms with Crippen molar-refractivity contribution in [1.29, 1.82) is 0 Å². The molecule has 16 heavy (non-hydrogen) atoms. The van der Waals surface area contributed by atoms with Crippen LogP contribution in [0.3, 0.4) is 0 Å². The van der Waals surface area contributed by atoms with Gasteiger partial charge in [0.15, 0.2) is 0 Å². The summed E-state index contributed by atoms with van der Waals surface area (Å²) in [4.78, 5) is 2.64. The van der Waals surface area contributed by atoms with E-state index in [1.165, 1.54) is 45.3 Å². The van der Waals surface area contributed by atoms with Crippen molar-refractivity contribution in [3.05, 3.63) is 0 Å². The minimum atomic E-state index is 0.743. The Labute approximate surface area is 101 Å². The molecule has 2 aliphatic rings. The summed E-state index contributed by atoms with van der Waals surface area (Å²) in [5.74, 6) is 2.02. The van der Waals surface area contributed by atoms with Gasteiger partial charge in [-0.15, -0.1) is 0 Å². The molecule has 2 fully saturated rings. The molecule has 2 saturated heterocycles. The highest BCUT2D eigenvalue weighted by molar-refractivity contribution is 4.84. The Morgan fingerprint density at radius 3 is 2.31 bits per heavy atom. The van der Waals surface area contributed by atoms with Gasteiger partial charge in [-0.1, -0.05) is 0 Å². The number of nitrogens with zero attached hydrogens (tertiary/aromatic N) is 1. The van der Waals surface area contributed by atoms with E-state index in [9.17, 15) is 0 Å². The van der Waals surface area contributed by atoms with Crippen molar-refractivity contribution in [3.8, 4) is 0 Å². The third kappa shape index (κ3) is 2.98. The van der Waals surface area contributed by atoms with Crippen molar-refractivity contribution in [1.82, 2.24) is 10.2 Å². The maximum atomic E-state index is 3.57. The molecule has 0 aromatic heterocycles. The molecular weight excluding hydrogens is 196 g/mol. The standard InChI is InChI=1S/C14H28N2/c1-11(2)16-8-5-13(6-9-16)14-4-7-15-12(3)10-14/h11-15H,4-10H2,1-3H3. The fraction of sp³-hybridized carbons (Fsp3) is 1.00. The number of hydrogen-bond acceptors (Lipinski definition) is 2. The van der Waals surface area contributed by atoms with Crippen molar-refractivity contribution < 1.29 is 0 Å². The summed E-state index contributed by atoms with van der Waals surface area (Å²) < 4.78 is 0. The van der Waals surface area contributed by atoms with E-state index in [0.717, 1.165) is 23.9 Å². The molecule has 0 radical (unpaired) electrons. The fourth-order valence-corrected chi connectivity index (χ4v) is 3.51. The van der Waals surface area contributed by atoms with E-state index >= 15 is 0 Å². The Morgan fingerprint density at radius 2 is 1.75 bits per heavy atom. The highest BCUT2D eigenvalue weighted by Gasteiger charge is 2.29. The number of piperidine rings is 2. The molecule has 2 unspecified atom stereocenters. The van der Waals surface area contributed by atoms with Crippen LogP contribution in [0.25, 0.3) is 0 Å². The van der Waals surface area contributed by atoms with E-state index in [2.05, 4.69) is 31.0 Å². The van der Waals surface area contributed by atoms with Crippen LogP contribution >= 0.6 is 0 Å². The molecule has 0 amide bonds. The SMILES string of the molecule is CC1CC(C2CCN(C(C)C)CC2)CCN1. The first kappa shape index (κ1) is 12.4. The van der Waals surface area contributed by atoms with Crippen molar-refractivity contribution in [2.45, 2.75) is 58.5 Å². The molecule has 94 valence electrons. The van der Waals surface area contributed by atoms with Crippen LogP contribution in [0.5, 0.6) is 0 Å². The molecule has 2 aliphatic heterocycles. The molecule has 2 heteroatoms. The van der Waals surface area contributed by atoms with Gasteiger partial charge in [0.2, 0.25) is 0 Å². The summed E-state index contributed by atoms with van der Waals surface area (Å²) in [6.45, 7) is 10.9. The highest BCUT2D eigenvalue weighted by Crippen LogP contribution is 2.32. The van der Waals surface area contributed by atoms with Gasteiger partial charge in [-0.2, -0.15) is 0 Å². The lowest BCUT2D eigenvalue weighted by atomic mass is 9.77. The smallest absolute Gasteiger partial charge is 0.00414 e. The van der Waals surface area contributed by atoms with E-state index in [1.54, 1.807) is 0 Å². The molecular formula is C14H28N2. The van der Waals surface area contributed by atoms with Crippen LogP contribution in [-0.4, -0.2) is 36.6 Å². The van der Waals surface area contributed by atoms with Crippen LogP contribution in [-0.2, 0) is 0 Å². The van der Waals surface area contributed by atoms with E-state index in [1.807, 2.05) is 0 Å². The van der Waals surface area contributed by atoms with Gasteiger partial charge in [0.1, 0.15) is 0 Å². The Bertz CT molecular complexity index is 207. The average Bonchev–Trinajstić information content (AvgIpc) is 2.29. The molecule has 0 saturated carbocycles. The summed E-state index contributed by atoms with van der Waals surface area (Å²) in [5, 5.41) is 3.57. The quantitative estimate of drug-likeness (QED) is 0.775. The summed E-state index contributed by atoms with van der Waals surface area (Å²) in [5.41, 5.74) is 0. The molecule has 0 aromatic rings. The molecule has 0 bridgehead atoms. The first-order valence-electron chi connectivity index (χ1n) is 7.14. The number of rotatable bonds is 2. The molecule has 0 spiro atoms. The number of likely N-dealkylation sites (tertiary alicyclic amines) is 1.